The van der Waals surface area contributed by atoms with Crippen molar-refractivity contribution in [2.45, 2.75) is 193 Å². The molecule has 4 bridgehead atoms. The van der Waals surface area contributed by atoms with Crippen molar-refractivity contribution in [1.29, 1.82) is 0 Å². The monoisotopic (exact) mass is 918 g/mol. The van der Waals surface area contributed by atoms with E-state index < -0.39 is 23.2 Å². The van der Waals surface area contributed by atoms with Gasteiger partial charge >= 0.3 is 0 Å². The van der Waals surface area contributed by atoms with Crippen LogP contribution in [0.15, 0.2) is 53.6 Å². The van der Waals surface area contributed by atoms with Gasteiger partial charge in [-0.2, -0.15) is 0 Å². The van der Waals surface area contributed by atoms with E-state index in [9.17, 15) is 15.3 Å². The first-order valence-electron chi connectivity index (χ1n) is 26.8. The molecule has 1 spiro atoms. The van der Waals surface area contributed by atoms with Crippen LogP contribution >= 0.6 is 0 Å². The first-order chi connectivity index (χ1) is 31.9. The topological polar surface area (TPSA) is 157 Å². The van der Waals surface area contributed by atoms with Gasteiger partial charge in [-0.05, 0) is 177 Å². The van der Waals surface area contributed by atoms with E-state index >= 15 is 9.59 Å². The second-order valence-corrected chi connectivity index (χ2v) is 25.0. The fraction of sp³-hybridized carbons (Fsp3) is 0.724. The lowest BCUT2D eigenvalue weighted by atomic mass is 9.33. The molecular formula is C58H83N3O6. The highest BCUT2D eigenvalue weighted by molar-refractivity contribution is 6.01. The number of benzene rings is 2. The molecule has 0 radical (unpaired) electrons. The lowest BCUT2D eigenvalue weighted by Gasteiger charge is -2.71. The average molecular weight is 918 g/mol. The number of phenols is 1. The zero-order chi connectivity index (χ0) is 47.4. The van der Waals surface area contributed by atoms with Crippen molar-refractivity contribution in [2.75, 3.05) is 19.3 Å². The van der Waals surface area contributed by atoms with Crippen molar-refractivity contribution in [3.8, 4) is 5.75 Å². The maximum absolute atomic E-state index is 15.5. The Morgan fingerprint density at radius 1 is 0.896 bits per heavy atom. The predicted molar refractivity (Wildman–Crippen MR) is 264 cm³/mol. The predicted octanol–water partition coefficient (Wildman–Crippen LogP) is 9.91. The number of ether oxygens (including phenoxy) is 1. The van der Waals surface area contributed by atoms with Crippen LogP contribution < -0.4 is 16.4 Å². The summed E-state index contributed by atoms with van der Waals surface area (Å²) in [5, 5.41) is 41.7. The third-order valence-corrected chi connectivity index (χ3v) is 21.0. The van der Waals surface area contributed by atoms with E-state index in [4.69, 9.17) is 10.5 Å². The second-order valence-electron chi connectivity index (χ2n) is 25.0. The normalized spacial score (nSPS) is 42.1. The molecule has 8 aliphatic rings. The number of allylic oxidation sites excluding steroid dienone is 2. The van der Waals surface area contributed by atoms with Crippen molar-refractivity contribution >= 4 is 17.3 Å². The summed E-state index contributed by atoms with van der Waals surface area (Å²) in [6.07, 6.45) is 14.3. The first-order valence-corrected chi connectivity index (χ1v) is 26.8. The van der Waals surface area contributed by atoms with Gasteiger partial charge in [0.2, 0.25) is 0 Å². The molecule has 9 nitrogen and oxygen atoms in total. The maximum Gasteiger partial charge on any atom is 0.160 e. The molecule has 67 heavy (non-hydrogen) atoms. The summed E-state index contributed by atoms with van der Waals surface area (Å²) < 4.78 is 6.74. The minimum absolute atomic E-state index is 0.00216. The van der Waals surface area contributed by atoms with Crippen LogP contribution in [0.4, 0.5) is 5.69 Å². The van der Waals surface area contributed by atoms with Crippen molar-refractivity contribution in [3.63, 3.8) is 0 Å². The number of carbonyl (C=O) groups excluding carboxylic acids is 2. The molecule has 10 rings (SSSR count). The standard InChI is InChI=1S/C58H83N3O6/c1-33(62)31-61-46-29-58-22-12-15-35-13-8-9-17-40(35)42(27-47(64)53-57(6,67-53)44-19-11-18-41(44)36-14-10-16-38(59)25-36)50-45(56(58,5)30-48(50)65)20-21-49(58)55(4)28-43(52(66)54(2,3)51(46)55)37-23-34(32-60-7)24-39(63)26-37/h10,14,16,23-26,33,35,40-44,46-47,49,51,53,60-64H,8-9,11-13,15,17-22,27-32,59H2,1-7H3/t33-,35+,40+,41+,42-,43+,44-,46-,47+,49+,51-,53+,55-,56-,57+,58-/m0/s1. The van der Waals surface area contributed by atoms with Crippen LogP contribution in [0.5, 0.6) is 5.75 Å². The quantitative estimate of drug-likeness (QED) is 0.0954. The van der Waals surface area contributed by atoms with E-state index in [1.165, 1.54) is 30.4 Å². The number of epoxide rings is 1. The highest BCUT2D eigenvalue weighted by Gasteiger charge is 2.73. The summed E-state index contributed by atoms with van der Waals surface area (Å²) in [6, 6.07) is 14.1. The van der Waals surface area contributed by atoms with Crippen molar-refractivity contribution in [3.05, 3.63) is 70.3 Å². The van der Waals surface area contributed by atoms with E-state index in [0.717, 1.165) is 86.6 Å². The number of nitrogens with one attached hydrogen (secondary N) is 2. The Hall–Kier alpha value is -3.08. The van der Waals surface area contributed by atoms with Crippen molar-refractivity contribution < 1.29 is 29.6 Å². The van der Waals surface area contributed by atoms with Crippen LogP contribution in [0.25, 0.3) is 0 Å². The number of nitrogen functional groups attached to an aromatic ring is 1. The van der Waals surface area contributed by atoms with Gasteiger partial charge in [0.25, 0.3) is 0 Å². The Kier molecular flexibility index (Phi) is 12.3. The highest BCUT2D eigenvalue weighted by atomic mass is 16.6. The summed E-state index contributed by atoms with van der Waals surface area (Å²) in [7, 11) is 1.91. The molecule has 1 heterocycles. The lowest BCUT2D eigenvalue weighted by Crippen LogP contribution is -2.70. The molecule has 0 aromatic heterocycles. The summed E-state index contributed by atoms with van der Waals surface area (Å²) in [6.45, 7) is 14.5. The summed E-state index contributed by atoms with van der Waals surface area (Å²) in [5.41, 5.74) is 10.7. The number of hydrogen-bond acceptors (Lipinski definition) is 9. The smallest absolute Gasteiger partial charge is 0.160 e. The first kappa shape index (κ1) is 47.6. The Morgan fingerprint density at radius 3 is 2.43 bits per heavy atom. The molecule has 6 fully saturated rings. The molecule has 366 valence electrons. The third kappa shape index (κ3) is 7.63. The SMILES string of the molecule is CNCc1cc(O)cc([C@H]2C[C@@]3(C)[C@H]4CCC5=C6C(=O)C[C@]5(C)[C@@]4(CCC[C@H]4CCCC[C@H]4[C@@H]6C[C@@H](O)[C@H]4O[C@]4(C)[C@H]4CCC[C@@H]4c4cccc(N)c4)C[C@H](NC[C@H](C)O)[C@H]3C(C)(C)C2=O)c1. The third-order valence-electron chi connectivity index (χ3n) is 21.0. The van der Waals surface area contributed by atoms with Gasteiger partial charge in [0.05, 0.1) is 17.8 Å². The van der Waals surface area contributed by atoms with Crippen LogP contribution in [-0.4, -0.2) is 70.4 Å². The molecular weight excluding hydrogens is 835 g/mol. The Bertz CT molecular complexity index is 2270. The lowest BCUT2D eigenvalue weighted by molar-refractivity contribution is -0.202. The van der Waals surface area contributed by atoms with Gasteiger partial charge in [-0.15, -0.1) is 0 Å². The van der Waals surface area contributed by atoms with Crippen molar-refractivity contribution in [1.82, 2.24) is 10.6 Å². The summed E-state index contributed by atoms with van der Waals surface area (Å²) in [4.78, 5) is 30.6. The van der Waals surface area contributed by atoms with Crippen LogP contribution in [0.3, 0.4) is 0 Å². The molecule has 16 atom stereocenters. The molecule has 9 heteroatoms. The van der Waals surface area contributed by atoms with Gasteiger partial charge in [-0.25, -0.2) is 0 Å². The second kappa shape index (κ2) is 17.3. The number of hydrogen-bond donors (Lipinski definition) is 6. The summed E-state index contributed by atoms with van der Waals surface area (Å²) in [5.74, 6) is 2.20. The van der Waals surface area contributed by atoms with E-state index in [1.807, 2.05) is 26.1 Å². The number of nitrogens with two attached hydrogens (primary N) is 1. The van der Waals surface area contributed by atoms with Gasteiger partial charge in [-0.3, -0.25) is 9.59 Å². The average Bonchev–Trinajstić information content (AvgIpc) is 3.57. The number of carbonyl (C=O) groups is 2. The Balaban J connectivity index is 1.04. The number of rotatable bonds is 11. The van der Waals surface area contributed by atoms with Gasteiger partial charge in [0.15, 0.2) is 5.78 Å². The largest absolute Gasteiger partial charge is 0.508 e. The van der Waals surface area contributed by atoms with E-state index in [0.29, 0.717) is 61.8 Å². The minimum atomic E-state index is -0.684. The van der Waals surface area contributed by atoms with Gasteiger partial charge in [0.1, 0.15) is 17.6 Å². The molecule has 2 aromatic rings. The van der Waals surface area contributed by atoms with Gasteiger partial charge < -0.3 is 36.4 Å². The van der Waals surface area contributed by atoms with Crippen molar-refractivity contribution in [2.24, 2.45) is 57.2 Å². The minimum Gasteiger partial charge on any atom is -0.508 e. The molecule has 1 saturated heterocycles. The number of phenolic OH excluding ortho intramolecular Hbond substituents is 1. The van der Waals surface area contributed by atoms with Gasteiger partial charge in [0, 0.05) is 48.0 Å². The molecule has 0 unspecified atom stereocenters. The number of aromatic hydroxyl groups is 1. The molecule has 1 aliphatic heterocycles. The van der Waals surface area contributed by atoms with E-state index in [-0.39, 0.29) is 63.6 Å². The molecule has 2 aromatic carbocycles. The number of aliphatic hydroxyl groups excluding tert-OH is 2. The number of ketones is 2. The van der Waals surface area contributed by atoms with E-state index in [1.54, 1.807) is 6.07 Å². The number of Topliss-reactive ketones (excluding diaryl/α,β-unsaturated/α-hetero) is 2. The Morgan fingerprint density at radius 2 is 1.67 bits per heavy atom. The number of fused-ring (bicyclic) bond motifs is 3. The zero-order valence-corrected chi connectivity index (χ0v) is 41.8. The molecule has 5 saturated carbocycles. The van der Waals surface area contributed by atoms with Crippen LogP contribution in [0, 0.1) is 57.2 Å². The number of anilines is 1. The molecule has 7 aliphatic carbocycles. The van der Waals surface area contributed by atoms with Gasteiger partial charge in [-0.1, -0.05) is 90.0 Å². The fourth-order valence-corrected chi connectivity index (χ4v) is 18.6. The van der Waals surface area contributed by atoms with Crippen LogP contribution in [0.2, 0.25) is 0 Å². The van der Waals surface area contributed by atoms with E-state index in [2.05, 4.69) is 69.5 Å². The highest BCUT2D eigenvalue weighted by Crippen LogP contribution is 2.77. The van der Waals surface area contributed by atoms with Crippen LogP contribution in [-0.2, 0) is 20.9 Å². The summed E-state index contributed by atoms with van der Waals surface area (Å²) >= 11 is 0. The maximum atomic E-state index is 15.5. The molecule has 7 N–H and O–H groups in total. The fourth-order valence-electron chi connectivity index (χ4n) is 18.6. The Labute approximate surface area is 401 Å². The molecule has 0 amide bonds. The number of aliphatic hydroxyl groups is 2. The van der Waals surface area contributed by atoms with Crippen LogP contribution in [0.1, 0.15) is 173 Å². The zero-order valence-electron chi connectivity index (χ0n) is 41.8.